The van der Waals surface area contributed by atoms with Gasteiger partial charge in [0.05, 0.1) is 46.9 Å². The molecule has 0 saturated carbocycles. The predicted octanol–water partition coefficient (Wildman–Crippen LogP) is 4.77. The Labute approximate surface area is 229 Å². The van der Waals surface area contributed by atoms with Crippen molar-refractivity contribution in [3.05, 3.63) is 63.1 Å². The third-order valence-corrected chi connectivity index (χ3v) is 6.68. The molecule has 3 heterocycles. The minimum Gasteiger partial charge on any atom is -0.461 e. The Balaban J connectivity index is 1.62. The fourth-order valence-electron chi connectivity index (χ4n) is 3.61. The van der Waals surface area contributed by atoms with Crippen LogP contribution >= 0.6 is 11.3 Å². The quantitative estimate of drug-likeness (QED) is 0.149. The van der Waals surface area contributed by atoms with Gasteiger partial charge in [-0.1, -0.05) is 44.2 Å². The van der Waals surface area contributed by atoms with Crippen molar-refractivity contribution in [3.8, 4) is 11.7 Å². The van der Waals surface area contributed by atoms with Gasteiger partial charge >= 0.3 is 11.0 Å². The molecular weight excluding hydrogens is 524 g/mol. The Bertz CT molecular complexity index is 1440. The number of amides is 1. The van der Waals surface area contributed by atoms with E-state index < -0.39 is 10.8 Å². The van der Waals surface area contributed by atoms with Gasteiger partial charge in [0.2, 0.25) is 0 Å². The normalized spacial score (nSPS) is 11.6. The molecule has 0 unspecified atom stereocenters. The molecule has 0 radical (unpaired) electrons. The first-order valence-corrected chi connectivity index (χ1v) is 13.2. The first-order chi connectivity index (χ1) is 18.7. The van der Waals surface area contributed by atoms with Gasteiger partial charge in [0.15, 0.2) is 11.5 Å². The molecule has 39 heavy (non-hydrogen) atoms. The van der Waals surface area contributed by atoms with Crippen LogP contribution in [0.15, 0.2) is 42.6 Å². The maximum atomic E-state index is 12.9. The summed E-state index contributed by atoms with van der Waals surface area (Å²) in [5.41, 5.74) is 2.36. The first-order valence-electron chi connectivity index (χ1n) is 12.4. The van der Waals surface area contributed by atoms with E-state index in [0.29, 0.717) is 37.5 Å². The first kappa shape index (κ1) is 28.1. The van der Waals surface area contributed by atoms with Gasteiger partial charge < -0.3 is 19.5 Å². The summed E-state index contributed by atoms with van der Waals surface area (Å²) in [6.07, 6.45) is 1.56. The van der Waals surface area contributed by atoms with E-state index >= 15 is 0 Å². The monoisotopic (exact) mass is 554 g/mol. The highest BCUT2D eigenvalue weighted by molar-refractivity contribution is 7.17. The number of nitrogens with one attached hydrogen (secondary N) is 1. The lowest BCUT2D eigenvalue weighted by atomic mass is 9.87. The summed E-state index contributed by atoms with van der Waals surface area (Å²) in [7, 11) is 0. The topological polar surface area (TPSA) is 144 Å². The summed E-state index contributed by atoms with van der Waals surface area (Å²) in [5, 5.41) is 18.6. The van der Waals surface area contributed by atoms with Crippen molar-refractivity contribution in [1.82, 2.24) is 19.7 Å². The molecule has 4 rings (SSSR count). The van der Waals surface area contributed by atoms with Gasteiger partial charge in [0.25, 0.3) is 5.91 Å². The Kier molecular flexibility index (Phi) is 8.84. The number of carbonyl (C=O) groups excluding carboxylic acids is 1. The van der Waals surface area contributed by atoms with Crippen molar-refractivity contribution in [3.63, 3.8) is 0 Å². The van der Waals surface area contributed by atoms with Crippen molar-refractivity contribution in [1.29, 1.82) is 0 Å². The highest BCUT2D eigenvalue weighted by Gasteiger charge is 2.21. The molecule has 3 aromatic heterocycles. The van der Waals surface area contributed by atoms with Crippen molar-refractivity contribution in [2.45, 2.75) is 33.1 Å². The second-order valence-electron chi connectivity index (χ2n) is 9.45. The van der Waals surface area contributed by atoms with Crippen LogP contribution < -0.4 is 10.1 Å². The summed E-state index contributed by atoms with van der Waals surface area (Å²) in [6, 6.07) is 10.7. The highest BCUT2D eigenvalue weighted by Crippen LogP contribution is 2.29. The molecular formula is C26H30N6O6S. The Morgan fingerprint density at radius 2 is 1.77 bits per heavy atom. The average Bonchev–Trinajstić information content (AvgIpc) is 3.56. The number of thiophene rings is 1. The van der Waals surface area contributed by atoms with Crippen LogP contribution in [0.2, 0.25) is 0 Å². The third-order valence-electron chi connectivity index (χ3n) is 5.65. The van der Waals surface area contributed by atoms with Crippen LogP contribution in [-0.4, -0.2) is 63.6 Å². The maximum absolute atomic E-state index is 12.9. The molecule has 206 valence electrons. The number of anilines is 1. The van der Waals surface area contributed by atoms with Crippen molar-refractivity contribution >= 4 is 39.1 Å². The lowest BCUT2D eigenvalue weighted by molar-refractivity contribution is -0.380. The summed E-state index contributed by atoms with van der Waals surface area (Å²) in [4.78, 5) is 32.5. The molecule has 0 aliphatic rings. The van der Waals surface area contributed by atoms with E-state index in [1.54, 1.807) is 10.9 Å². The van der Waals surface area contributed by atoms with Gasteiger partial charge in [-0.2, -0.15) is 15.1 Å². The molecule has 0 atom stereocenters. The van der Waals surface area contributed by atoms with E-state index in [9.17, 15) is 14.9 Å². The molecule has 4 aromatic rings. The Hall–Kier alpha value is -3.94. The largest absolute Gasteiger partial charge is 0.461 e. The lowest BCUT2D eigenvalue weighted by Gasteiger charge is -2.19. The second-order valence-corrected chi connectivity index (χ2v) is 10.5. The molecule has 0 saturated heterocycles. The number of aromatic nitrogens is 4. The number of hydrogen-bond donors (Lipinski definition) is 1. The standard InChI is InChI=1S/C26H30N6O6S/c1-5-36-12-13-37-14-15-38-25-29-22(28-24(33)20-10-11-21(39-20)32(34)35)19-16-27-31(23(19)30-25)18-8-6-17(7-9-18)26(2,3)4/h6-11,16H,5,12-15H2,1-4H3,(H,28,29,30,33). The molecule has 13 heteroatoms. The van der Waals surface area contributed by atoms with Gasteiger partial charge in [-0.15, -0.1) is 0 Å². The molecule has 0 aliphatic carbocycles. The zero-order valence-corrected chi connectivity index (χ0v) is 23.0. The maximum Gasteiger partial charge on any atom is 0.324 e. The number of ether oxygens (including phenoxy) is 3. The number of rotatable bonds is 12. The summed E-state index contributed by atoms with van der Waals surface area (Å²) in [6.45, 7) is 10.3. The van der Waals surface area contributed by atoms with Gasteiger partial charge in [-0.25, -0.2) is 4.68 Å². The van der Waals surface area contributed by atoms with E-state index in [1.807, 2.05) is 31.2 Å². The minimum atomic E-state index is -0.541. The SMILES string of the molecule is CCOCCOCCOc1nc(NC(=O)c2ccc([N+](=O)[O-])s2)c2cnn(-c3ccc(C(C)(C)C)cc3)c2n1. The van der Waals surface area contributed by atoms with Crippen LogP contribution in [0.4, 0.5) is 10.8 Å². The van der Waals surface area contributed by atoms with Crippen molar-refractivity contribution in [2.75, 3.05) is 38.4 Å². The summed E-state index contributed by atoms with van der Waals surface area (Å²) >= 11 is 0.775. The number of fused-ring (bicyclic) bond motifs is 1. The van der Waals surface area contributed by atoms with Gasteiger partial charge in [0.1, 0.15) is 6.61 Å². The molecule has 1 aromatic carbocycles. The fraction of sp³-hybridized carbons (Fsp3) is 0.385. The van der Waals surface area contributed by atoms with Crippen molar-refractivity contribution < 1.29 is 23.9 Å². The van der Waals surface area contributed by atoms with Crippen LogP contribution in [0, 0.1) is 10.1 Å². The third kappa shape index (κ3) is 6.93. The number of nitro groups is 1. The van der Waals surface area contributed by atoms with Crippen molar-refractivity contribution in [2.24, 2.45) is 0 Å². The Morgan fingerprint density at radius 3 is 2.44 bits per heavy atom. The molecule has 0 bridgehead atoms. The van der Waals surface area contributed by atoms with Gasteiger partial charge in [-0.05, 0) is 36.1 Å². The zero-order chi connectivity index (χ0) is 28.0. The minimum absolute atomic E-state index is 0.00700. The van der Waals surface area contributed by atoms with Gasteiger partial charge in [-0.3, -0.25) is 14.9 Å². The zero-order valence-electron chi connectivity index (χ0n) is 22.2. The van der Waals surface area contributed by atoms with E-state index in [-0.39, 0.29) is 33.7 Å². The van der Waals surface area contributed by atoms with E-state index in [1.165, 1.54) is 17.7 Å². The summed E-state index contributed by atoms with van der Waals surface area (Å²) < 4.78 is 18.1. The molecule has 12 nitrogen and oxygen atoms in total. The van der Waals surface area contributed by atoms with E-state index in [4.69, 9.17) is 14.2 Å². The lowest BCUT2D eigenvalue weighted by Crippen LogP contribution is -2.15. The molecule has 0 spiro atoms. The Morgan fingerprint density at radius 1 is 1.05 bits per heavy atom. The molecule has 1 amide bonds. The predicted molar refractivity (Wildman–Crippen MR) is 147 cm³/mol. The smallest absolute Gasteiger partial charge is 0.324 e. The van der Waals surface area contributed by atoms with Crippen LogP contribution in [0.5, 0.6) is 6.01 Å². The fourth-order valence-corrected chi connectivity index (χ4v) is 4.33. The molecule has 1 N–H and O–H groups in total. The molecule has 0 fully saturated rings. The van der Waals surface area contributed by atoms with E-state index in [2.05, 4.69) is 41.2 Å². The second kappa shape index (κ2) is 12.3. The van der Waals surface area contributed by atoms with Crippen LogP contribution in [0.25, 0.3) is 16.7 Å². The average molecular weight is 555 g/mol. The van der Waals surface area contributed by atoms with Crippen LogP contribution in [0.3, 0.4) is 0 Å². The van der Waals surface area contributed by atoms with Gasteiger partial charge in [0, 0.05) is 12.7 Å². The van der Waals surface area contributed by atoms with E-state index in [0.717, 1.165) is 17.0 Å². The number of benzene rings is 1. The van der Waals surface area contributed by atoms with Crippen LogP contribution in [-0.2, 0) is 14.9 Å². The van der Waals surface area contributed by atoms with Crippen LogP contribution in [0.1, 0.15) is 42.9 Å². The highest BCUT2D eigenvalue weighted by atomic mass is 32.1. The number of hydrogen-bond acceptors (Lipinski definition) is 10. The number of carbonyl (C=O) groups is 1. The summed E-state index contributed by atoms with van der Waals surface area (Å²) in [5.74, 6) is -0.369. The number of nitrogens with zero attached hydrogens (tertiary/aromatic N) is 5. The molecule has 0 aliphatic heterocycles.